The van der Waals surface area contributed by atoms with Gasteiger partial charge in [-0.2, -0.15) is 0 Å². The molecule has 1 saturated heterocycles. The van der Waals surface area contributed by atoms with E-state index in [2.05, 4.69) is 88.4 Å². The van der Waals surface area contributed by atoms with Gasteiger partial charge in [0.05, 0.1) is 12.7 Å². The summed E-state index contributed by atoms with van der Waals surface area (Å²) < 4.78 is 12.3. The molecule has 2 aromatic rings. The van der Waals surface area contributed by atoms with Crippen LogP contribution in [0.2, 0.25) is 5.04 Å². The van der Waals surface area contributed by atoms with Gasteiger partial charge in [0.15, 0.2) is 0 Å². The number of hydrogen-bond donors (Lipinski definition) is 0. The van der Waals surface area contributed by atoms with Crippen LogP contribution in [0.15, 0.2) is 60.7 Å². The first-order valence-corrected chi connectivity index (χ1v) is 11.7. The van der Waals surface area contributed by atoms with Crippen LogP contribution in [-0.2, 0) is 9.16 Å². The maximum atomic E-state index is 6.91. The Morgan fingerprint density at radius 2 is 1.50 bits per heavy atom. The van der Waals surface area contributed by atoms with Crippen LogP contribution in [0.3, 0.4) is 0 Å². The standard InChI is InChI=1S/C23H32O2Si/c1-19(22-18-24-22)12-11-17-25-26(23(2,3)4,20-13-7-5-8-14-20)21-15-9-6-10-16-21/h5-10,13-16,19,22H,11-12,17-18H2,1-4H3/t19-,22?/m0/s1. The molecule has 1 aliphatic heterocycles. The Kier molecular flexibility index (Phi) is 6.01. The van der Waals surface area contributed by atoms with E-state index in [-0.39, 0.29) is 5.04 Å². The molecule has 0 amide bonds. The minimum Gasteiger partial charge on any atom is -0.407 e. The van der Waals surface area contributed by atoms with E-state index in [9.17, 15) is 0 Å². The van der Waals surface area contributed by atoms with Crippen molar-refractivity contribution in [2.75, 3.05) is 13.2 Å². The lowest BCUT2D eigenvalue weighted by Gasteiger charge is -2.43. The van der Waals surface area contributed by atoms with E-state index >= 15 is 0 Å². The molecule has 0 aliphatic carbocycles. The SMILES string of the molecule is C[C@@H](CCCO[Si](c1ccccc1)(c1ccccc1)C(C)(C)C)C1CO1. The van der Waals surface area contributed by atoms with E-state index in [0.29, 0.717) is 12.0 Å². The molecule has 3 heteroatoms. The Morgan fingerprint density at radius 1 is 1.00 bits per heavy atom. The molecule has 1 fully saturated rings. The van der Waals surface area contributed by atoms with Crippen molar-refractivity contribution in [1.29, 1.82) is 0 Å². The van der Waals surface area contributed by atoms with Gasteiger partial charge in [-0.25, -0.2) is 0 Å². The van der Waals surface area contributed by atoms with Gasteiger partial charge in [0.25, 0.3) is 8.32 Å². The molecule has 2 aromatic carbocycles. The number of rotatable bonds is 8. The zero-order valence-corrected chi connectivity index (χ0v) is 17.6. The lowest BCUT2D eigenvalue weighted by Crippen LogP contribution is -2.66. The molecule has 0 bridgehead atoms. The van der Waals surface area contributed by atoms with E-state index < -0.39 is 8.32 Å². The summed E-state index contributed by atoms with van der Waals surface area (Å²) in [6, 6.07) is 21.8. The Balaban J connectivity index is 1.87. The van der Waals surface area contributed by atoms with Crippen LogP contribution in [0.5, 0.6) is 0 Å². The third-order valence-electron chi connectivity index (χ3n) is 5.53. The van der Waals surface area contributed by atoms with Gasteiger partial charge in [0, 0.05) is 6.61 Å². The number of ether oxygens (including phenoxy) is 1. The highest BCUT2D eigenvalue weighted by Gasteiger charge is 2.49. The Morgan fingerprint density at radius 3 is 1.92 bits per heavy atom. The molecule has 0 N–H and O–H groups in total. The average molecular weight is 369 g/mol. The molecule has 1 aliphatic rings. The molecule has 3 rings (SSSR count). The highest BCUT2D eigenvalue weighted by molar-refractivity contribution is 6.99. The molecule has 140 valence electrons. The van der Waals surface area contributed by atoms with E-state index in [0.717, 1.165) is 19.6 Å². The summed E-state index contributed by atoms with van der Waals surface area (Å²) in [6.45, 7) is 11.0. The van der Waals surface area contributed by atoms with Crippen LogP contribution < -0.4 is 10.4 Å². The largest absolute Gasteiger partial charge is 0.407 e. The number of epoxide rings is 1. The molecule has 0 aromatic heterocycles. The number of hydrogen-bond acceptors (Lipinski definition) is 2. The first-order chi connectivity index (χ1) is 12.4. The summed E-state index contributed by atoms with van der Waals surface area (Å²) >= 11 is 0. The zero-order chi connectivity index (χ0) is 18.6. The first-order valence-electron chi connectivity index (χ1n) is 9.82. The lowest BCUT2D eigenvalue weighted by atomic mass is 10.0. The van der Waals surface area contributed by atoms with Gasteiger partial charge in [-0.1, -0.05) is 88.4 Å². The van der Waals surface area contributed by atoms with Crippen LogP contribution in [0.1, 0.15) is 40.5 Å². The van der Waals surface area contributed by atoms with Crippen molar-refractivity contribution in [3.63, 3.8) is 0 Å². The molecule has 2 atom stereocenters. The fourth-order valence-electron chi connectivity index (χ4n) is 3.96. The van der Waals surface area contributed by atoms with Gasteiger partial charge in [0.1, 0.15) is 0 Å². The second-order valence-electron chi connectivity index (χ2n) is 8.50. The predicted molar refractivity (Wildman–Crippen MR) is 112 cm³/mol. The second-order valence-corrected chi connectivity index (χ2v) is 12.8. The monoisotopic (exact) mass is 368 g/mol. The molecule has 0 saturated carbocycles. The molecule has 2 nitrogen and oxygen atoms in total. The topological polar surface area (TPSA) is 21.8 Å². The van der Waals surface area contributed by atoms with Gasteiger partial charge in [-0.15, -0.1) is 0 Å². The number of benzene rings is 2. The summed E-state index contributed by atoms with van der Waals surface area (Å²) in [6.07, 6.45) is 2.75. The zero-order valence-electron chi connectivity index (χ0n) is 16.6. The maximum Gasteiger partial charge on any atom is 0.261 e. The van der Waals surface area contributed by atoms with Crippen LogP contribution in [0, 0.1) is 5.92 Å². The third kappa shape index (κ3) is 4.11. The molecule has 0 radical (unpaired) electrons. The molecule has 0 spiro atoms. The normalized spacial score (nSPS) is 18.5. The van der Waals surface area contributed by atoms with Crippen molar-refractivity contribution in [2.45, 2.75) is 51.7 Å². The highest BCUT2D eigenvalue weighted by Crippen LogP contribution is 2.37. The summed E-state index contributed by atoms with van der Waals surface area (Å²) in [5, 5.41) is 2.77. The van der Waals surface area contributed by atoms with Gasteiger partial charge < -0.3 is 9.16 Å². The van der Waals surface area contributed by atoms with E-state index in [1.54, 1.807) is 0 Å². The predicted octanol–water partition coefficient (Wildman–Crippen LogP) is 4.38. The Hall–Kier alpha value is -1.42. The second kappa shape index (κ2) is 8.08. The van der Waals surface area contributed by atoms with Crippen molar-refractivity contribution in [2.24, 2.45) is 5.92 Å². The average Bonchev–Trinajstić information content (AvgIpc) is 3.47. The van der Waals surface area contributed by atoms with Crippen LogP contribution in [-0.4, -0.2) is 27.6 Å². The molecule has 1 heterocycles. The van der Waals surface area contributed by atoms with Crippen molar-refractivity contribution < 1.29 is 9.16 Å². The van der Waals surface area contributed by atoms with Crippen LogP contribution in [0.4, 0.5) is 0 Å². The fourth-order valence-corrected chi connectivity index (χ4v) is 8.57. The Bertz CT molecular complexity index is 635. The minimum absolute atomic E-state index is 0.0565. The smallest absolute Gasteiger partial charge is 0.261 e. The van der Waals surface area contributed by atoms with E-state index in [4.69, 9.17) is 9.16 Å². The summed E-state index contributed by atoms with van der Waals surface area (Å²) in [4.78, 5) is 0. The van der Waals surface area contributed by atoms with Gasteiger partial charge in [-0.3, -0.25) is 0 Å². The summed E-state index contributed by atoms with van der Waals surface area (Å²) in [7, 11) is -2.36. The van der Waals surface area contributed by atoms with Crippen molar-refractivity contribution in [1.82, 2.24) is 0 Å². The van der Waals surface area contributed by atoms with E-state index in [1.165, 1.54) is 16.8 Å². The van der Waals surface area contributed by atoms with Crippen LogP contribution in [0.25, 0.3) is 0 Å². The van der Waals surface area contributed by atoms with Crippen molar-refractivity contribution in [3.05, 3.63) is 60.7 Å². The van der Waals surface area contributed by atoms with Gasteiger partial charge >= 0.3 is 0 Å². The summed E-state index contributed by atoms with van der Waals surface area (Å²) in [5.74, 6) is 0.637. The highest BCUT2D eigenvalue weighted by atomic mass is 28.4. The molecule has 26 heavy (non-hydrogen) atoms. The Labute approximate surface area is 159 Å². The fraction of sp³-hybridized carbons (Fsp3) is 0.478. The molecular weight excluding hydrogens is 336 g/mol. The van der Waals surface area contributed by atoms with Crippen molar-refractivity contribution >= 4 is 18.7 Å². The van der Waals surface area contributed by atoms with Gasteiger partial charge in [-0.05, 0) is 34.2 Å². The van der Waals surface area contributed by atoms with E-state index in [1.807, 2.05) is 0 Å². The minimum atomic E-state index is -2.36. The third-order valence-corrected chi connectivity index (χ3v) is 10.6. The van der Waals surface area contributed by atoms with Crippen LogP contribution >= 0.6 is 0 Å². The molecule has 1 unspecified atom stereocenters. The molecular formula is C23H32O2Si. The first kappa shape index (κ1) is 19.3. The maximum absolute atomic E-state index is 6.91. The summed E-state index contributed by atoms with van der Waals surface area (Å²) in [5.41, 5.74) is 0. The van der Waals surface area contributed by atoms with Gasteiger partial charge in [0.2, 0.25) is 0 Å². The lowest BCUT2D eigenvalue weighted by molar-refractivity contribution is 0.263. The quantitative estimate of drug-likeness (QED) is 0.392. The van der Waals surface area contributed by atoms with Crippen molar-refractivity contribution in [3.8, 4) is 0 Å².